The van der Waals surface area contributed by atoms with Gasteiger partial charge in [-0.3, -0.25) is 4.79 Å². The minimum atomic E-state index is -0.0663. The summed E-state index contributed by atoms with van der Waals surface area (Å²) in [5.41, 5.74) is 1.23. The number of carbonyl (C=O) groups excluding carboxylic acids is 1. The molecule has 0 aromatic heterocycles. The van der Waals surface area contributed by atoms with Crippen molar-refractivity contribution in [3.8, 4) is 0 Å². The van der Waals surface area contributed by atoms with Gasteiger partial charge in [0.05, 0.1) is 0 Å². The number of benzene rings is 1. The smallest absolute Gasteiger partial charge is 0.245 e. The quantitative estimate of drug-likeness (QED) is 0.757. The number of nitrogens with one attached hydrogen (secondary N) is 1. The molecule has 0 heterocycles. The average molecular weight is 193 g/mol. The third-order valence-corrected chi connectivity index (χ3v) is 1.85. The zero-order valence-corrected chi connectivity index (χ0v) is 8.32. The molecule has 0 aliphatic carbocycles. The van der Waals surface area contributed by atoms with Crippen LogP contribution in [0.25, 0.3) is 0 Å². The summed E-state index contributed by atoms with van der Waals surface area (Å²) >= 11 is 0. The van der Waals surface area contributed by atoms with E-state index in [1.165, 1.54) is 12.7 Å². The molecule has 0 fully saturated rings. The molecule has 1 aromatic carbocycles. The molecule has 1 amide bonds. The second-order valence-corrected chi connectivity index (χ2v) is 3.02. The van der Waals surface area contributed by atoms with Crippen molar-refractivity contribution < 1.29 is 9.53 Å². The van der Waals surface area contributed by atoms with E-state index < -0.39 is 0 Å². The molecule has 76 valence electrons. The lowest BCUT2D eigenvalue weighted by Crippen LogP contribution is -2.28. The Morgan fingerprint density at radius 2 is 2.07 bits per heavy atom. The van der Waals surface area contributed by atoms with E-state index in [2.05, 4.69) is 5.32 Å². The molecule has 14 heavy (non-hydrogen) atoms. The normalized spacial score (nSPS) is 9.79. The summed E-state index contributed by atoms with van der Waals surface area (Å²) in [4.78, 5) is 11.0. The van der Waals surface area contributed by atoms with Gasteiger partial charge in [-0.05, 0) is 12.0 Å². The molecule has 0 spiro atoms. The number of ether oxygens (including phenoxy) is 1. The van der Waals surface area contributed by atoms with Crippen LogP contribution in [0.1, 0.15) is 5.56 Å². The van der Waals surface area contributed by atoms with E-state index >= 15 is 0 Å². The Balaban J connectivity index is 2.19. The first-order chi connectivity index (χ1) is 6.83. The topological polar surface area (TPSA) is 38.3 Å². The first kappa shape index (κ1) is 10.7. The molecule has 1 rings (SSSR count). The summed E-state index contributed by atoms with van der Waals surface area (Å²) in [5, 5.41) is 2.77. The van der Waals surface area contributed by atoms with Gasteiger partial charge in [0.15, 0.2) is 0 Å². The van der Waals surface area contributed by atoms with Crippen molar-refractivity contribution in [2.75, 3.05) is 20.3 Å². The molecular formula is C11H15NO2. The molecule has 3 heteroatoms. The average Bonchev–Trinajstić information content (AvgIpc) is 2.20. The van der Waals surface area contributed by atoms with E-state index in [4.69, 9.17) is 4.74 Å². The highest BCUT2D eigenvalue weighted by Crippen LogP contribution is 1.97. The van der Waals surface area contributed by atoms with Crippen molar-refractivity contribution in [1.82, 2.24) is 5.32 Å². The third-order valence-electron chi connectivity index (χ3n) is 1.85. The summed E-state index contributed by atoms with van der Waals surface area (Å²) in [6, 6.07) is 10.1. The zero-order chi connectivity index (χ0) is 10.2. The summed E-state index contributed by atoms with van der Waals surface area (Å²) in [7, 11) is 1.51. The highest BCUT2D eigenvalue weighted by atomic mass is 16.5. The minimum Gasteiger partial charge on any atom is -0.375 e. The van der Waals surface area contributed by atoms with Crippen LogP contribution in [-0.2, 0) is 16.0 Å². The molecule has 0 saturated carbocycles. The van der Waals surface area contributed by atoms with Gasteiger partial charge in [-0.2, -0.15) is 0 Å². The van der Waals surface area contributed by atoms with Crippen molar-refractivity contribution >= 4 is 5.91 Å². The second-order valence-electron chi connectivity index (χ2n) is 3.02. The van der Waals surface area contributed by atoms with Crippen LogP contribution in [0.5, 0.6) is 0 Å². The van der Waals surface area contributed by atoms with Gasteiger partial charge in [0, 0.05) is 13.7 Å². The maximum Gasteiger partial charge on any atom is 0.245 e. The molecule has 0 bridgehead atoms. The molecule has 0 radical (unpaired) electrons. The fourth-order valence-electron chi connectivity index (χ4n) is 1.17. The second kappa shape index (κ2) is 6.16. The SMILES string of the molecule is COCC(=O)NCCc1ccccc1. The van der Waals surface area contributed by atoms with Gasteiger partial charge in [-0.15, -0.1) is 0 Å². The summed E-state index contributed by atoms with van der Waals surface area (Å²) in [5.74, 6) is -0.0663. The predicted octanol–water partition coefficient (Wildman–Crippen LogP) is 0.992. The van der Waals surface area contributed by atoms with Crippen molar-refractivity contribution in [3.63, 3.8) is 0 Å². The fraction of sp³-hybridized carbons (Fsp3) is 0.364. The standard InChI is InChI=1S/C11H15NO2/c1-14-9-11(13)12-8-7-10-5-3-2-4-6-10/h2-6H,7-9H2,1H3,(H,12,13). The lowest BCUT2D eigenvalue weighted by atomic mass is 10.1. The van der Waals surface area contributed by atoms with Crippen molar-refractivity contribution in [1.29, 1.82) is 0 Å². The Hall–Kier alpha value is -1.35. The zero-order valence-electron chi connectivity index (χ0n) is 8.32. The molecule has 0 aliphatic rings. The van der Waals surface area contributed by atoms with Gasteiger partial charge in [-0.1, -0.05) is 30.3 Å². The largest absolute Gasteiger partial charge is 0.375 e. The van der Waals surface area contributed by atoms with Gasteiger partial charge in [-0.25, -0.2) is 0 Å². The van der Waals surface area contributed by atoms with Gasteiger partial charge < -0.3 is 10.1 Å². The van der Waals surface area contributed by atoms with Crippen LogP contribution in [0.4, 0.5) is 0 Å². The lowest BCUT2D eigenvalue weighted by molar-refractivity contribution is -0.124. The number of hydrogen-bond acceptors (Lipinski definition) is 2. The van der Waals surface area contributed by atoms with E-state index in [-0.39, 0.29) is 12.5 Å². The molecule has 0 unspecified atom stereocenters. The number of methoxy groups -OCH3 is 1. The number of amides is 1. The van der Waals surface area contributed by atoms with Gasteiger partial charge in [0.1, 0.15) is 6.61 Å². The van der Waals surface area contributed by atoms with Crippen LogP contribution in [0.3, 0.4) is 0 Å². The van der Waals surface area contributed by atoms with Crippen LogP contribution < -0.4 is 5.32 Å². The highest BCUT2D eigenvalue weighted by Gasteiger charge is 1.98. The van der Waals surface area contributed by atoms with Crippen molar-refractivity contribution in [2.24, 2.45) is 0 Å². The maximum absolute atomic E-state index is 11.0. The number of hydrogen-bond donors (Lipinski definition) is 1. The molecule has 3 nitrogen and oxygen atoms in total. The summed E-state index contributed by atoms with van der Waals surface area (Å²) in [6.07, 6.45) is 0.857. The Morgan fingerprint density at radius 1 is 1.36 bits per heavy atom. The van der Waals surface area contributed by atoms with E-state index in [1.54, 1.807) is 0 Å². The highest BCUT2D eigenvalue weighted by molar-refractivity contribution is 5.77. The molecule has 0 saturated heterocycles. The minimum absolute atomic E-state index is 0.0663. The Kier molecular flexibility index (Phi) is 4.72. The first-order valence-electron chi connectivity index (χ1n) is 4.62. The van der Waals surface area contributed by atoms with Crippen LogP contribution >= 0.6 is 0 Å². The lowest BCUT2D eigenvalue weighted by Gasteiger charge is -2.03. The van der Waals surface area contributed by atoms with Crippen LogP contribution in [0.15, 0.2) is 30.3 Å². The first-order valence-corrected chi connectivity index (χ1v) is 4.62. The van der Waals surface area contributed by atoms with Gasteiger partial charge in [0.2, 0.25) is 5.91 Å². The molecule has 1 N–H and O–H groups in total. The number of carbonyl (C=O) groups is 1. The fourth-order valence-corrected chi connectivity index (χ4v) is 1.17. The Bertz CT molecular complexity index is 272. The summed E-state index contributed by atoms with van der Waals surface area (Å²) in [6.45, 7) is 0.793. The van der Waals surface area contributed by atoms with E-state index in [1.807, 2.05) is 30.3 Å². The number of rotatable bonds is 5. The Morgan fingerprint density at radius 3 is 2.71 bits per heavy atom. The maximum atomic E-state index is 11.0. The van der Waals surface area contributed by atoms with Crippen LogP contribution in [-0.4, -0.2) is 26.2 Å². The molecule has 0 atom stereocenters. The monoisotopic (exact) mass is 193 g/mol. The molecule has 1 aromatic rings. The van der Waals surface area contributed by atoms with E-state index in [0.29, 0.717) is 6.54 Å². The van der Waals surface area contributed by atoms with Crippen molar-refractivity contribution in [2.45, 2.75) is 6.42 Å². The predicted molar refractivity (Wildman–Crippen MR) is 55.0 cm³/mol. The molecular weight excluding hydrogens is 178 g/mol. The van der Waals surface area contributed by atoms with E-state index in [9.17, 15) is 4.79 Å². The van der Waals surface area contributed by atoms with Gasteiger partial charge >= 0.3 is 0 Å². The Labute approximate surface area is 84.1 Å². The molecule has 0 aliphatic heterocycles. The summed E-state index contributed by atoms with van der Waals surface area (Å²) < 4.78 is 4.69. The van der Waals surface area contributed by atoms with E-state index in [0.717, 1.165) is 6.42 Å². The van der Waals surface area contributed by atoms with Crippen LogP contribution in [0, 0.1) is 0 Å². The van der Waals surface area contributed by atoms with Crippen molar-refractivity contribution in [3.05, 3.63) is 35.9 Å². The third kappa shape index (κ3) is 4.05. The van der Waals surface area contributed by atoms with Gasteiger partial charge in [0.25, 0.3) is 0 Å². The van der Waals surface area contributed by atoms with Crippen LogP contribution in [0.2, 0.25) is 0 Å².